The van der Waals surface area contributed by atoms with Gasteiger partial charge >= 0.3 is 0 Å². The van der Waals surface area contributed by atoms with E-state index in [1.165, 1.54) is 86.0 Å². The van der Waals surface area contributed by atoms with Gasteiger partial charge in [0.05, 0.1) is 44.8 Å². The summed E-state index contributed by atoms with van der Waals surface area (Å²) in [5.74, 6) is 0. The summed E-state index contributed by atoms with van der Waals surface area (Å²) in [6, 6.07) is 137. The quantitative estimate of drug-likeness (QED) is 0.0949. The van der Waals surface area contributed by atoms with Gasteiger partial charge in [-0.15, -0.1) is 0 Å². The lowest BCUT2D eigenvalue weighted by atomic mass is 9.94. The maximum Gasteiger partial charge on any atom is 0.180 e. The zero-order valence-corrected chi connectivity index (χ0v) is 60.8. The first kappa shape index (κ1) is 63.9. The Morgan fingerprint density at radius 3 is 1.08 bits per heavy atom. The largest absolute Gasteiger partial charge is 0.255 e. The van der Waals surface area contributed by atoms with Crippen LogP contribution < -0.4 is 41.5 Å². The molecule has 0 bridgehead atoms. The summed E-state index contributed by atoms with van der Waals surface area (Å²) < 4.78 is 0. The summed E-state index contributed by atoms with van der Waals surface area (Å²) >= 11 is 0. The van der Waals surface area contributed by atoms with E-state index in [2.05, 4.69) is 331 Å². The maximum absolute atomic E-state index is 5.22. The molecule has 0 saturated heterocycles. The van der Waals surface area contributed by atoms with Gasteiger partial charge in [0.25, 0.3) is 0 Å². The van der Waals surface area contributed by atoms with Gasteiger partial charge in [-0.25, -0.2) is 9.97 Å². The van der Waals surface area contributed by atoms with Gasteiger partial charge in [0, 0.05) is 51.9 Å². The summed E-state index contributed by atoms with van der Waals surface area (Å²) in [5, 5.41) is 15.7. The Labute approximate surface area is 628 Å². The molecule has 0 aliphatic carbocycles. The summed E-state index contributed by atoms with van der Waals surface area (Å²) in [7, 11) is -5.01. The van der Waals surface area contributed by atoms with E-state index in [1.54, 1.807) is 12.4 Å². The molecular weight excluding hydrogens is 1340 g/mol. The van der Waals surface area contributed by atoms with E-state index in [0.717, 1.165) is 99.8 Å². The molecule has 2 aliphatic heterocycles. The molecule has 504 valence electrons. The van der Waals surface area contributed by atoms with E-state index in [9.17, 15) is 0 Å². The van der Waals surface area contributed by atoms with Crippen LogP contribution in [-0.2, 0) is 0 Å². The van der Waals surface area contributed by atoms with E-state index in [1.807, 2.05) is 67.0 Å². The van der Waals surface area contributed by atoms with Crippen molar-refractivity contribution in [3.63, 3.8) is 0 Å². The van der Waals surface area contributed by atoms with E-state index in [0.29, 0.717) is 0 Å². The van der Waals surface area contributed by atoms with Crippen molar-refractivity contribution in [3.8, 4) is 101 Å². The van der Waals surface area contributed by atoms with Crippen molar-refractivity contribution in [1.82, 2.24) is 29.9 Å². The van der Waals surface area contributed by atoms with Crippen molar-refractivity contribution in [2.24, 2.45) is 0 Å². The highest BCUT2D eigenvalue weighted by molar-refractivity contribution is 7.23. The fourth-order valence-electron chi connectivity index (χ4n) is 17.2. The summed E-state index contributed by atoms with van der Waals surface area (Å²) in [5.41, 5.74) is 23.8. The molecular formula is C100H66N6Si2. The number of pyridine rings is 6. The van der Waals surface area contributed by atoms with Crippen LogP contribution >= 0.6 is 0 Å². The first-order valence-corrected chi connectivity index (χ1v) is 40.8. The van der Waals surface area contributed by atoms with Crippen molar-refractivity contribution < 1.29 is 0 Å². The molecule has 0 N–H and O–H groups in total. The van der Waals surface area contributed by atoms with Crippen LogP contribution in [0.1, 0.15) is 0 Å². The number of hydrogen-bond acceptors (Lipinski definition) is 6. The second-order valence-electron chi connectivity index (χ2n) is 27.9. The molecule has 108 heavy (non-hydrogen) atoms. The van der Waals surface area contributed by atoms with Gasteiger partial charge in [-0.3, -0.25) is 19.9 Å². The Hall–Kier alpha value is -13.8. The fraction of sp³-hybridized carbons (Fsp3) is 0. The van der Waals surface area contributed by atoms with E-state index >= 15 is 0 Å². The molecule has 0 radical (unpaired) electrons. The van der Waals surface area contributed by atoms with Gasteiger partial charge < -0.3 is 0 Å². The molecule has 0 spiro atoms. The third-order valence-corrected chi connectivity index (χ3v) is 31.9. The molecule has 8 heterocycles. The normalized spacial score (nSPS) is 12.8. The second-order valence-corrected chi connectivity index (χ2v) is 35.4. The molecule has 21 rings (SSSR count). The Balaban J connectivity index is 0.000000143. The monoisotopic (exact) mass is 1410 g/mol. The predicted octanol–water partition coefficient (Wildman–Crippen LogP) is 18.7. The molecule has 6 nitrogen and oxygen atoms in total. The molecule has 13 aromatic carbocycles. The average molecular weight is 1410 g/mol. The van der Waals surface area contributed by atoms with Crippen LogP contribution in [0.3, 0.4) is 0 Å². The highest BCUT2D eigenvalue weighted by Crippen LogP contribution is 2.41. The SMILES string of the molecule is c1ccc(-c2cnc3c(c2)cc(-c2ccc(-c4ccc5c(c4)-c4ccccc4[Si]5(c4ccccc4)c4ccccc4)cc2)c2cccnc23)cc1.c1ccc([Si]2(c3ccccc3)c3ccccc3-c3cc(-c4ccc(-c5cc6ccc(-c7ccccn7)nc6c6nc(-c7ccccn7)ccc56)cc4)ccc32)cc1. The summed E-state index contributed by atoms with van der Waals surface area (Å²) in [4.78, 5) is 29.3. The lowest BCUT2D eigenvalue weighted by Crippen LogP contribution is -2.72. The van der Waals surface area contributed by atoms with Crippen LogP contribution in [0.2, 0.25) is 0 Å². The Morgan fingerprint density at radius 1 is 0.185 bits per heavy atom. The summed E-state index contributed by atoms with van der Waals surface area (Å²) in [6.07, 6.45) is 7.43. The standard InChI is InChI=1S/C52H34N4Si.C48H32N2Si/c1-3-13-39(14-4-1)57(40-15-5-2-6-16-40)49-20-8-7-17-41(49)44-33-37(26-30-50(44)57)35-21-23-36(24-22-35)43-34-38-25-28-47(45-18-9-11-31-53-45)55-51(38)52-42(43)27-29-48(56-52)46-19-10-12-32-54-46;1-4-13-33(14-5-1)38-29-37-31-43(42-20-12-28-49-48(42)47(37)50-32-38)35-24-22-34(23-25-35)36-26-27-46-44(30-36)41-19-10-11-21-45(41)51(46,39-15-6-2-7-16-39)40-17-8-3-9-18-40/h1-34H;1-32H. The number of aromatic nitrogens is 6. The average Bonchev–Trinajstić information content (AvgIpc) is 1.54. The molecule has 0 amide bonds. The van der Waals surface area contributed by atoms with E-state index in [4.69, 9.17) is 19.9 Å². The molecule has 0 unspecified atom stereocenters. The highest BCUT2D eigenvalue weighted by Gasteiger charge is 2.50. The maximum atomic E-state index is 5.22. The molecule has 8 heteroatoms. The zero-order chi connectivity index (χ0) is 71.5. The summed E-state index contributed by atoms with van der Waals surface area (Å²) in [6.45, 7) is 0. The van der Waals surface area contributed by atoms with Crippen LogP contribution in [0.5, 0.6) is 0 Å². The third kappa shape index (κ3) is 10.7. The van der Waals surface area contributed by atoms with Crippen molar-refractivity contribution in [3.05, 3.63) is 401 Å². The van der Waals surface area contributed by atoms with Crippen LogP contribution in [0.25, 0.3) is 144 Å². The van der Waals surface area contributed by atoms with Gasteiger partial charge in [-0.2, -0.15) is 0 Å². The van der Waals surface area contributed by atoms with Crippen LogP contribution in [-0.4, -0.2) is 46.1 Å². The van der Waals surface area contributed by atoms with Crippen molar-refractivity contribution >= 4 is 101 Å². The second kappa shape index (κ2) is 26.7. The zero-order valence-electron chi connectivity index (χ0n) is 58.8. The number of fused-ring (bicyclic) bond motifs is 12. The van der Waals surface area contributed by atoms with Crippen LogP contribution in [0, 0.1) is 0 Å². The van der Waals surface area contributed by atoms with E-state index < -0.39 is 16.1 Å². The molecule has 0 fully saturated rings. The van der Waals surface area contributed by atoms with Gasteiger partial charge in [0.15, 0.2) is 16.1 Å². The van der Waals surface area contributed by atoms with Crippen LogP contribution in [0.4, 0.5) is 0 Å². The number of rotatable bonds is 11. The van der Waals surface area contributed by atoms with Gasteiger partial charge in [-0.1, -0.05) is 297 Å². The van der Waals surface area contributed by atoms with Crippen LogP contribution in [0.15, 0.2) is 401 Å². The van der Waals surface area contributed by atoms with Crippen molar-refractivity contribution in [2.75, 3.05) is 0 Å². The molecule has 6 aromatic heterocycles. The smallest absolute Gasteiger partial charge is 0.180 e. The number of nitrogens with zero attached hydrogens (tertiary/aromatic N) is 6. The lowest BCUT2D eigenvalue weighted by Gasteiger charge is -2.31. The third-order valence-electron chi connectivity index (χ3n) is 22.1. The predicted molar refractivity (Wildman–Crippen MR) is 453 cm³/mol. The first-order valence-electron chi connectivity index (χ1n) is 36.8. The number of benzene rings is 13. The molecule has 0 atom stereocenters. The molecule has 19 aromatic rings. The number of hydrogen-bond donors (Lipinski definition) is 0. The Morgan fingerprint density at radius 2 is 0.583 bits per heavy atom. The Kier molecular flexibility index (Phi) is 15.8. The first-order chi connectivity index (χ1) is 53.5. The minimum Gasteiger partial charge on any atom is -0.255 e. The Bertz CT molecular complexity index is 6550. The minimum absolute atomic E-state index is 0.812. The van der Waals surface area contributed by atoms with Gasteiger partial charge in [0.1, 0.15) is 0 Å². The lowest BCUT2D eigenvalue weighted by molar-refractivity contribution is 1.26. The topological polar surface area (TPSA) is 77.3 Å². The van der Waals surface area contributed by atoms with Crippen molar-refractivity contribution in [2.45, 2.75) is 0 Å². The van der Waals surface area contributed by atoms with Gasteiger partial charge in [0.2, 0.25) is 0 Å². The minimum atomic E-state index is -2.52. The van der Waals surface area contributed by atoms with Crippen molar-refractivity contribution in [1.29, 1.82) is 0 Å². The van der Waals surface area contributed by atoms with E-state index in [-0.39, 0.29) is 0 Å². The molecule has 0 saturated carbocycles. The highest BCUT2D eigenvalue weighted by atomic mass is 28.3. The van der Waals surface area contributed by atoms with Gasteiger partial charge in [-0.05, 0) is 193 Å². The molecule has 2 aliphatic rings. The fourth-order valence-corrected chi connectivity index (χ4v) is 27.6.